The van der Waals surface area contributed by atoms with Crippen LogP contribution >= 0.6 is 11.3 Å². The number of amides is 1. The largest absolute Gasteiger partial charge is 0.496 e. The highest BCUT2D eigenvalue weighted by Gasteiger charge is 2.15. The maximum atomic E-state index is 12.1. The van der Waals surface area contributed by atoms with Gasteiger partial charge in [0.2, 0.25) is 0 Å². The summed E-state index contributed by atoms with van der Waals surface area (Å²) in [4.78, 5) is 27.4. The summed E-state index contributed by atoms with van der Waals surface area (Å²) in [7, 11) is 1.55. The molecule has 0 aliphatic heterocycles. The molecule has 2 rings (SSSR count). The Morgan fingerprint density at radius 2 is 2.09 bits per heavy atom. The Kier molecular flexibility index (Phi) is 4.77. The van der Waals surface area contributed by atoms with Crippen LogP contribution in [-0.2, 0) is 6.54 Å². The Morgan fingerprint density at radius 3 is 2.68 bits per heavy atom. The maximum absolute atomic E-state index is 12.1. The predicted molar refractivity (Wildman–Crippen MR) is 82.7 cm³/mol. The van der Waals surface area contributed by atoms with Gasteiger partial charge in [0, 0.05) is 5.56 Å². The second-order valence-electron chi connectivity index (χ2n) is 4.69. The number of hydrogen-bond acceptors (Lipinski definition) is 5. The van der Waals surface area contributed by atoms with Gasteiger partial charge in [0.05, 0.1) is 19.3 Å². The number of aryl methyl sites for hydroxylation is 2. The van der Waals surface area contributed by atoms with Crippen LogP contribution < -0.4 is 10.1 Å². The molecule has 2 aromatic rings. The third-order valence-electron chi connectivity index (χ3n) is 3.11. The van der Waals surface area contributed by atoms with Gasteiger partial charge in [-0.15, -0.1) is 11.3 Å². The average molecular weight is 320 g/mol. The number of carbonyl (C=O) groups excluding carboxylic acids is 1. The van der Waals surface area contributed by atoms with E-state index >= 15 is 0 Å². The Hall–Kier alpha value is -2.41. The Morgan fingerprint density at radius 1 is 1.36 bits per heavy atom. The molecule has 0 saturated carbocycles. The number of thiazole rings is 1. The van der Waals surface area contributed by atoms with Crippen LogP contribution in [-0.4, -0.2) is 29.1 Å². The van der Waals surface area contributed by atoms with E-state index in [-0.39, 0.29) is 17.3 Å². The molecule has 2 N–H and O–H groups in total. The van der Waals surface area contributed by atoms with E-state index in [0.717, 1.165) is 16.9 Å². The van der Waals surface area contributed by atoms with Crippen LogP contribution in [0.3, 0.4) is 0 Å². The normalized spacial score (nSPS) is 10.3. The third-order valence-corrected chi connectivity index (χ3v) is 4.25. The summed E-state index contributed by atoms with van der Waals surface area (Å²) in [5.74, 6) is -0.621. The zero-order valence-corrected chi connectivity index (χ0v) is 13.3. The van der Waals surface area contributed by atoms with E-state index in [1.807, 2.05) is 13.0 Å². The average Bonchev–Trinajstić information content (AvgIpc) is 2.86. The van der Waals surface area contributed by atoms with E-state index in [1.165, 1.54) is 0 Å². The van der Waals surface area contributed by atoms with Crippen molar-refractivity contribution in [2.75, 3.05) is 7.11 Å². The summed E-state index contributed by atoms with van der Waals surface area (Å²) in [6.07, 6.45) is 0. The highest BCUT2D eigenvalue weighted by molar-refractivity contribution is 7.13. The minimum atomic E-state index is -1.00. The van der Waals surface area contributed by atoms with Gasteiger partial charge >= 0.3 is 5.97 Å². The lowest BCUT2D eigenvalue weighted by Gasteiger charge is -2.07. The summed E-state index contributed by atoms with van der Waals surface area (Å²) in [6.45, 7) is 3.72. The first kappa shape index (κ1) is 16.0. The highest BCUT2D eigenvalue weighted by atomic mass is 32.1. The molecule has 0 aliphatic carbocycles. The van der Waals surface area contributed by atoms with Crippen molar-refractivity contribution in [2.24, 2.45) is 0 Å². The number of rotatable bonds is 5. The molecule has 22 heavy (non-hydrogen) atoms. The van der Waals surface area contributed by atoms with E-state index in [9.17, 15) is 9.59 Å². The van der Waals surface area contributed by atoms with E-state index < -0.39 is 5.97 Å². The van der Waals surface area contributed by atoms with Crippen molar-refractivity contribution in [3.05, 3.63) is 44.9 Å². The van der Waals surface area contributed by atoms with Gasteiger partial charge < -0.3 is 15.2 Å². The standard InChI is InChI=1S/C15H16N2O4S/c1-8-4-5-10(6-11(8)21-3)14(18)16-7-12-17-9(2)13(22-12)15(19)20/h4-6H,7H2,1-3H3,(H,16,18)(H,19,20). The molecule has 0 aliphatic rings. The fourth-order valence-electron chi connectivity index (χ4n) is 1.95. The Balaban J connectivity index is 2.07. The molecular formula is C15H16N2O4S. The fraction of sp³-hybridized carbons (Fsp3) is 0.267. The van der Waals surface area contributed by atoms with Crippen LogP contribution in [0.25, 0.3) is 0 Å². The summed E-state index contributed by atoms with van der Waals surface area (Å²) in [6, 6.07) is 5.19. The molecule has 0 saturated heterocycles. The lowest BCUT2D eigenvalue weighted by Crippen LogP contribution is -2.22. The second-order valence-corrected chi connectivity index (χ2v) is 5.78. The molecule has 1 amide bonds. The first-order chi connectivity index (χ1) is 10.4. The van der Waals surface area contributed by atoms with Crippen LogP contribution in [0.2, 0.25) is 0 Å². The fourth-order valence-corrected chi connectivity index (χ4v) is 2.79. The van der Waals surface area contributed by atoms with Crippen molar-refractivity contribution in [1.82, 2.24) is 10.3 Å². The summed E-state index contributed by atoms with van der Waals surface area (Å²) in [5.41, 5.74) is 1.88. The quantitative estimate of drug-likeness (QED) is 0.883. The third kappa shape index (κ3) is 3.43. The Bertz CT molecular complexity index is 724. The van der Waals surface area contributed by atoms with Crippen LogP contribution in [0.15, 0.2) is 18.2 Å². The number of methoxy groups -OCH3 is 1. The number of nitrogens with one attached hydrogen (secondary N) is 1. The first-order valence-electron chi connectivity index (χ1n) is 6.54. The van der Waals surface area contributed by atoms with E-state index in [0.29, 0.717) is 22.0 Å². The number of benzene rings is 1. The van der Waals surface area contributed by atoms with Crippen molar-refractivity contribution in [3.63, 3.8) is 0 Å². The smallest absolute Gasteiger partial charge is 0.347 e. The van der Waals surface area contributed by atoms with Gasteiger partial charge in [0.15, 0.2) is 0 Å². The molecule has 0 spiro atoms. The van der Waals surface area contributed by atoms with Crippen LogP contribution in [0, 0.1) is 13.8 Å². The summed E-state index contributed by atoms with van der Waals surface area (Å²) in [5, 5.41) is 12.3. The minimum Gasteiger partial charge on any atom is -0.496 e. The van der Waals surface area contributed by atoms with E-state index in [1.54, 1.807) is 26.2 Å². The van der Waals surface area contributed by atoms with Gasteiger partial charge in [-0.1, -0.05) is 6.07 Å². The summed E-state index contributed by atoms with van der Waals surface area (Å²) >= 11 is 1.06. The van der Waals surface area contributed by atoms with Gasteiger partial charge in [0.1, 0.15) is 15.6 Å². The molecule has 1 heterocycles. The molecule has 0 radical (unpaired) electrons. The topological polar surface area (TPSA) is 88.5 Å². The van der Waals surface area contributed by atoms with Crippen molar-refractivity contribution in [1.29, 1.82) is 0 Å². The SMILES string of the molecule is COc1cc(C(=O)NCc2nc(C)c(C(=O)O)s2)ccc1C. The molecule has 0 bridgehead atoms. The van der Waals surface area contributed by atoms with Crippen LogP contribution in [0.1, 0.15) is 36.3 Å². The van der Waals surface area contributed by atoms with Crippen LogP contribution in [0.4, 0.5) is 0 Å². The van der Waals surface area contributed by atoms with Crippen molar-refractivity contribution >= 4 is 23.2 Å². The minimum absolute atomic E-state index is 0.188. The van der Waals surface area contributed by atoms with Crippen molar-refractivity contribution < 1.29 is 19.4 Å². The molecule has 0 unspecified atom stereocenters. The molecule has 7 heteroatoms. The number of aromatic nitrogens is 1. The molecule has 6 nitrogen and oxygen atoms in total. The molecule has 1 aromatic carbocycles. The monoisotopic (exact) mass is 320 g/mol. The summed E-state index contributed by atoms with van der Waals surface area (Å²) < 4.78 is 5.19. The molecular weight excluding hydrogens is 304 g/mol. The maximum Gasteiger partial charge on any atom is 0.347 e. The zero-order chi connectivity index (χ0) is 16.3. The number of carboxylic acids is 1. The molecule has 0 fully saturated rings. The van der Waals surface area contributed by atoms with Crippen molar-refractivity contribution in [3.8, 4) is 5.75 Å². The number of hydrogen-bond donors (Lipinski definition) is 2. The van der Waals surface area contributed by atoms with Gasteiger partial charge in [-0.3, -0.25) is 4.79 Å². The number of ether oxygens (including phenoxy) is 1. The number of carboxylic acid groups (broad SMARTS) is 1. The van der Waals surface area contributed by atoms with E-state index in [2.05, 4.69) is 10.3 Å². The molecule has 116 valence electrons. The lowest BCUT2D eigenvalue weighted by atomic mass is 10.1. The predicted octanol–water partition coefficient (Wildman–Crippen LogP) is 2.40. The van der Waals surface area contributed by atoms with Gasteiger partial charge in [-0.05, 0) is 31.5 Å². The second kappa shape index (κ2) is 6.57. The van der Waals surface area contributed by atoms with Crippen molar-refractivity contribution in [2.45, 2.75) is 20.4 Å². The number of carbonyl (C=O) groups is 2. The van der Waals surface area contributed by atoms with Gasteiger partial charge in [-0.25, -0.2) is 9.78 Å². The number of aromatic carboxylic acids is 1. The zero-order valence-electron chi connectivity index (χ0n) is 12.5. The first-order valence-corrected chi connectivity index (χ1v) is 7.36. The number of nitrogens with zero attached hydrogens (tertiary/aromatic N) is 1. The van der Waals surface area contributed by atoms with Gasteiger partial charge in [-0.2, -0.15) is 0 Å². The Labute approximate surface area is 131 Å². The van der Waals surface area contributed by atoms with Crippen LogP contribution in [0.5, 0.6) is 5.75 Å². The highest BCUT2D eigenvalue weighted by Crippen LogP contribution is 2.20. The van der Waals surface area contributed by atoms with E-state index in [4.69, 9.17) is 9.84 Å². The molecule has 1 aromatic heterocycles. The van der Waals surface area contributed by atoms with Gasteiger partial charge in [0.25, 0.3) is 5.91 Å². The lowest BCUT2D eigenvalue weighted by molar-refractivity contribution is 0.0701. The molecule has 0 atom stereocenters.